The summed E-state index contributed by atoms with van der Waals surface area (Å²) in [5.74, 6) is 0.351. The zero-order valence-corrected chi connectivity index (χ0v) is 16.1. The van der Waals surface area contributed by atoms with E-state index in [0.29, 0.717) is 22.0 Å². The molecule has 0 saturated carbocycles. The van der Waals surface area contributed by atoms with Gasteiger partial charge in [0.15, 0.2) is 0 Å². The van der Waals surface area contributed by atoms with Crippen LogP contribution in [0.5, 0.6) is 5.75 Å². The maximum Gasteiger partial charge on any atom is 0.257 e. The Balaban J connectivity index is 1.81. The molecule has 0 saturated heterocycles. The number of methoxy groups -OCH3 is 1. The molecule has 1 aromatic heterocycles. The maximum absolute atomic E-state index is 12.6. The quantitative estimate of drug-likeness (QED) is 0.694. The summed E-state index contributed by atoms with van der Waals surface area (Å²) in [6, 6.07) is 15.0. The van der Waals surface area contributed by atoms with Gasteiger partial charge in [0.2, 0.25) is 0 Å². The number of ether oxygens (including phenoxy) is 1. The average molecular weight is 382 g/mol. The minimum absolute atomic E-state index is 0.277. The Morgan fingerprint density at radius 1 is 1.04 bits per heavy atom. The van der Waals surface area contributed by atoms with Gasteiger partial charge in [-0.25, -0.2) is 0 Å². The van der Waals surface area contributed by atoms with Crippen molar-refractivity contribution in [3.63, 3.8) is 0 Å². The van der Waals surface area contributed by atoms with Gasteiger partial charge in [-0.15, -0.1) is 0 Å². The Kier molecular flexibility index (Phi) is 5.62. The van der Waals surface area contributed by atoms with Crippen molar-refractivity contribution < 1.29 is 9.53 Å². The number of pyridine rings is 1. The molecule has 0 fully saturated rings. The lowest BCUT2D eigenvalue weighted by atomic mass is 10.1. The summed E-state index contributed by atoms with van der Waals surface area (Å²) < 4.78 is 5.12. The lowest BCUT2D eigenvalue weighted by molar-refractivity contribution is 0.102. The van der Waals surface area contributed by atoms with E-state index in [1.165, 1.54) is 6.20 Å². The molecule has 0 unspecified atom stereocenters. The molecular weight excluding hydrogens is 362 g/mol. The van der Waals surface area contributed by atoms with E-state index in [9.17, 15) is 4.79 Å². The van der Waals surface area contributed by atoms with E-state index in [2.05, 4.69) is 10.3 Å². The zero-order chi connectivity index (χ0) is 19.4. The van der Waals surface area contributed by atoms with Crippen LogP contribution in [0.2, 0.25) is 5.02 Å². The van der Waals surface area contributed by atoms with E-state index >= 15 is 0 Å². The van der Waals surface area contributed by atoms with Crippen LogP contribution < -0.4 is 15.0 Å². The first-order chi connectivity index (χ1) is 13.0. The number of carbonyl (C=O) groups is 1. The second-order valence-electron chi connectivity index (χ2n) is 6.20. The predicted molar refractivity (Wildman–Crippen MR) is 110 cm³/mol. The second-order valence-corrected chi connectivity index (χ2v) is 6.61. The van der Waals surface area contributed by atoms with Crippen LogP contribution in [0.15, 0.2) is 60.9 Å². The highest BCUT2D eigenvalue weighted by Crippen LogP contribution is 2.27. The van der Waals surface area contributed by atoms with Crippen molar-refractivity contribution in [1.82, 2.24) is 4.98 Å². The number of rotatable bonds is 5. The molecule has 0 radical (unpaired) electrons. The molecular formula is C21H20ClN3O2. The summed E-state index contributed by atoms with van der Waals surface area (Å²) >= 11 is 6.19. The van der Waals surface area contributed by atoms with E-state index in [4.69, 9.17) is 16.3 Å². The van der Waals surface area contributed by atoms with Crippen molar-refractivity contribution >= 4 is 28.9 Å². The van der Waals surface area contributed by atoms with E-state index in [-0.39, 0.29) is 5.91 Å². The highest BCUT2D eigenvalue weighted by molar-refractivity contribution is 6.34. The van der Waals surface area contributed by atoms with Gasteiger partial charge in [-0.2, -0.15) is 0 Å². The standard InChI is InChI=1S/C21H20ClN3O2/c1-25(2)17-6-4-14(5-7-17)15-10-16(13-23-12-15)21(26)24-20-9-8-18(27-3)11-19(20)22/h4-13H,1-3H3,(H,24,26). The van der Waals surface area contributed by atoms with Gasteiger partial charge >= 0.3 is 0 Å². The fraction of sp³-hybridized carbons (Fsp3) is 0.143. The Hall–Kier alpha value is -3.05. The van der Waals surface area contributed by atoms with Gasteiger partial charge < -0.3 is 15.0 Å². The Morgan fingerprint density at radius 2 is 1.78 bits per heavy atom. The first kappa shape index (κ1) is 18.7. The van der Waals surface area contributed by atoms with Crippen LogP contribution in [-0.2, 0) is 0 Å². The highest BCUT2D eigenvalue weighted by Gasteiger charge is 2.11. The second kappa shape index (κ2) is 8.10. The normalized spacial score (nSPS) is 10.4. The summed E-state index contributed by atoms with van der Waals surface area (Å²) in [7, 11) is 5.55. The van der Waals surface area contributed by atoms with Crippen LogP contribution in [0.4, 0.5) is 11.4 Å². The van der Waals surface area contributed by atoms with Gasteiger partial charge in [0.05, 0.1) is 23.4 Å². The number of aromatic nitrogens is 1. The topological polar surface area (TPSA) is 54.5 Å². The van der Waals surface area contributed by atoms with Crippen molar-refractivity contribution in [2.45, 2.75) is 0 Å². The third kappa shape index (κ3) is 4.38. The number of nitrogens with one attached hydrogen (secondary N) is 1. The van der Waals surface area contributed by atoms with Crippen molar-refractivity contribution in [3.8, 4) is 16.9 Å². The number of halogens is 1. The molecule has 0 spiro atoms. The molecule has 2 aromatic carbocycles. The van der Waals surface area contributed by atoms with Crippen LogP contribution in [0.25, 0.3) is 11.1 Å². The van der Waals surface area contributed by atoms with E-state index in [1.807, 2.05) is 49.3 Å². The fourth-order valence-corrected chi connectivity index (χ4v) is 2.81. The lowest BCUT2D eigenvalue weighted by Crippen LogP contribution is -2.12. The minimum Gasteiger partial charge on any atom is -0.497 e. The number of nitrogens with zero attached hydrogens (tertiary/aromatic N) is 2. The average Bonchev–Trinajstić information content (AvgIpc) is 2.69. The van der Waals surface area contributed by atoms with Crippen molar-refractivity contribution in [2.24, 2.45) is 0 Å². The van der Waals surface area contributed by atoms with Gasteiger partial charge in [0.25, 0.3) is 5.91 Å². The first-order valence-corrected chi connectivity index (χ1v) is 8.73. The van der Waals surface area contributed by atoms with Gasteiger partial charge in [0, 0.05) is 43.8 Å². The van der Waals surface area contributed by atoms with Crippen LogP contribution in [0.1, 0.15) is 10.4 Å². The van der Waals surface area contributed by atoms with Gasteiger partial charge in [-0.1, -0.05) is 23.7 Å². The number of amides is 1. The van der Waals surface area contributed by atoms with Crippen molar-refractivity contribution in [2.75, 3.05) is 31.4 Å². The van der Waals surface area contributed by atoms with Gasteiger partial charge in [-0.3, -0.25) is 9.78 Å². The Bertz CT molecular complexity index is 956. The summed E-state index contributed by atoms with van der Waals surface area (Å²) in [5.41, 5.74) is 3.94. The number of benzene rings is 2. The largest absolute Gasteiger partial charge is 0.497 e. The predicted octanol–water partition coefficient (Wildman–Crippen LogP) is 4.73. The molecule has 0 bridgehead atoms. The molecule has 1 amide bonds. The summed E-state index contributed by atoms with van der Waals surface area (Å²) in [6.07, 6.45) is 3.27. The van der Waals surface area contributed by atoms with Crippen LogP contribution in [-0.4, -0.2) is 32.1 Å². The molecule has 6 heteroatoms. The molecule has 3 aromatic rings. The number of anilines is 2. The lowest BCUT2D eigenvalue weighted by Gasteiger charge is -2.13. The number of hydrogen-bond donors (Lipinski definition) is 1. The van der Waals surface area contributed by atoms with E-state index < -0.39 is 0 Å². The summed E-state index contributed by atoms with van der Waals surface area (Å²) in [4.78, 5) is 18.8. The maximum atomic E-state index is 12.6. The van der Waals surface area contributed by atoms with Gasteiger partial charge in [0.1, 0.15) is 5.75 Å². The molecule has 138 valence electrons. The molecule has 27 heavy (non-hydrogen) atoms. The smallest absolute Gasteiger partial charge is 0.257 e. The minimum atomic E-state index is -0.277. The number of carbonyl (C=O) groups excluding carboxylic acids is 1. The first-order valence-electron chi connectivity index (χ1n) is 8.35. The SMILES string of the molecule is COc1ccc(NC(=O)c2cncc(-c3ccc(N(C)C)cc3)c2)c(Cl)c1. The highest BCUT2D eigenvalue weighted by atomic mass is 35.5. The van der Waals surface area contributed by atoms with Crippen LogP contribution in [0, 0.1) is 0 Å². The summed E-state index contributed by atoms with van der Waals surface area (Å²) in [6.45, 7) is 0. The van der Waals surface area contributed by atoms with Crippen molar-refractivity contribution in [3.05, 3.63) is 71.5 Å². The Labute approximate surface area is 163 Å². The number of hydrogen-bond acceptors (Lipinski definition) is 4. The van der Waals surface area contributed by atoms with Crippen molar-refractivity contribution in [1.29, 1.82) is 0 Å². The summed E-state index contributed by atoms with van der Waals surface area (Å²) in [5, 5.41) is 3.22. The molecule has 0 aliphatic rings. The third-order valence-corrected chi connectivity index (χ3v) is 4.45. The molecule has 0 aliphatic heterocycles. The monoisotopic (exact) mass is 381 g/mol. The molecule has 0 atom stereocenters. The molecule has 5 nitrogen and oxygen atoms in total. The molecule has 3 rings (SSSR count). The van der Waals surface area contributed by atoms with E-state index in [0.717, 1.165) is 16.8 Å². The fourth-order valence-electron chi connectivity index (χ4n) is 2.59. The molecule has 0 aliphatic carbocycles. The van der Waals surface area contributed by atoms with Crippen LogP contribution >= 0.6 is 11.6 Å². The third-order valence-electron chi connectivity index (χ3n) is 4.14. The molecule has 1 N–H and O–H groups in total. The van der Waals surface area contributed by atoms with Crippen LogP contribution in [0.3, 0.4) is 0 Å². The van der Waals surface area contributed by atoms with E-state index in [1.54, 1.807) is 31.5 Å². The van der Waals surface area contributed by atoms with Gasteiger partial charge in [-0.05, 0) is 35.9 Å². The Morgan fingerprint density at radius 3 is 2.41 bits per heavy atom. The molecule has 1 heterocycles. The zero-order valence-electron chi connectivity index (χ0n) is 15.4.